The van der Waals surface area contributed by atoms with Gasteiger partial charge in [-0.25, -0.2) is 0 Å². The van der Waals surface area contributed by atoms with Crippen LogP contribution in [0.1, 0.15) is 19.8 Å². The van der Waals surface area contributed by atoms with Gasteiger partial charge in [-0.15, -0.1) is 0 Å². The van der Waals surface area contributed by atoms with E-state index in [-0.39, 0.29) is 18.4 Å². The number of methoxy groups -OCH3 is 2. The first-order valence-electron chi connectivity index (χ1n) is 7.06. The highest BCUT2D eigenvalue weighted by atomic mass is 16.5. The molecule has 0 saturated carbocycles. The van der Waals surface area contributed by atoms with Crippen LogP contribution in [0.15, 0.2) is 18.2 Å². The summed E-state index contributed by atoms with van der Waals surface area (Å²) >= 11 is 0. The van der Waals surface area contributed by atoms with E-state index in [4.69, 9.17) is 15.2 Å². The van der Waals surface area contributed by atoms with Crippen LogP contribution in [-0.4, -0.2) is 38.6 Å². The SMILES string of the molecule is CCCC(N)C(=O)NCC(=O)Nc1cc(OC)cc(OC)c1. The Balaban J connectivity index is 2.56. The second-order valence-electron chi connectivity index (χ2n) is 4.76. The summed E-state index contributed by atoms with van der Waals surface area (Å²) in [6.45, 7) is 1.80. The Kier molecular flexibility index (Phi) is 7.18. The van der Waals surface area contributed by atoms with Crippen molar-refractivity contribution in [3.63, 3.8) is 0 Å². The Hall–Kier alpha value is -2.28. The smallest absolute Gasteiger partial charge is 0.243 e. The average molecular weight is 309 g/mol. The van der Waals surface area contributed by atoms with Gasteiger partial charge in [0.2, 0.25) is 11.8 Å². The number of nitrogens with one attached hydrogen (secondary N) is 2. The minimum absolute atomic E-state index is 0.143. The summed E-state index contributed by atoms with van der Waals surface area (Å²) in [4.78, 5) is 23.5. The van der Waals surface area contributed by atoms with E-state index in [0.717, 1.165) is 6.42 Å². The van der Waals surface area contributed by atoms with Crippen molar-refractivity contribution in [2.75, 3.05) is 26.1 Å². The zero-order valence-electron chi connectivity index (χ0n) is 13.1. The molecule has 1 aromatic rings. The van der Waals surface area contributed by atoms with Crippen molar-refractivity contribution in [1.29, 1.82) is 0 Å². The molecule has 0 spiro atoms. The third kappa shape index (κ3) is 5.61. The van der Waals surface area contributed by atoms with Gasteiger partial charge in [-0.05, 0) is 6.42 Å². The number of hydrogen-bond acceptors (Lipinski definition) is 5. The van der Waals surface area contributed by atoms with Crippen LogP contribution in [0.2, 0.25) is 0 Å². The van der Waals surface area contributed by atoms with Crippen LogP contribution in [0, 0.1) is 0 Å². The van der Waals surface area contributed by atoms with Gasteiger partial charge in [-0.2, -0.15) is 0 Å². The minimum atomic E-state index is -0.588. The molecule has 0 bridgehead atoms. The van der Waals surface area contributed by atoms with E-state index in [2.05, 4.69) is 10.6 Å². The third-order valence-electron chi connectivity index (χ3n) is 2.99. The lowest BCUT2D eigenvalue weighted by Gasteiger charge is -2.12. The van der Waals surface area contributed by atoms with Gasteiger partial charge < -0.3 is 25.8 Å². The Labute approximate surface area is 130 Å². The number of rotatable bonds is 8. The standard InChI is InChI=1S/C15H23N3O4/c1-4-5-13(16)15(20)17-9-14(19)18-10-6-11(21-2)8-12(7-10)22-3/h6-8,13H,4-5,9,16H2,1-3H3,(H,17,20)(H,18,19). The largest absolute Gasteiger partial charge is 0.497 e. The minimum Gasteiger partial charge on any atom is -0.497 e. The Morgan fingerprint density at radius 3 is 2.27 bits per heavy atom. The second-order valence-corrected chi connectivity index (χ2v) is 4.76. The van der Waals surface area contributed by atoms with Crippen molar-refractivity contribution in [1.82, 2.24) is 5.32 Å². The monoisotopic (exact) mass is 309 g/mol. The molecular formula is C15H23N3O4. The normalized spacial score (nSPS) is 11.5. The van der Waals surface area contributed by atoms with E-state index < -0.39 is 6.04 Å². The van der Waals surface area contributed by atoms with Crippen LogP contribution < -0.4 is 25.8 Å². The van der Waals surface area contributed by atoms with Gasteiger partial charge in [0.1, 0.15) is 11.5 Å². The number of amides is 2. The summed E-state index contributed by atoms with van der Waals surface area (Å²) in [7, 11) is 3.05. The molecule has 2 amide bonds. The first-order valence-corrected chi connectivity index (χ1v) is 7.06. The predicted octanol–water partition coefficient (Wildman–Crippen LogP) is 0.886. The van der Waals surface area contributed by atoms with Crippen LogP contribution in [0.25, 0.3) is 0 Å². The molecule has 0 aliphatic rings. The summed E-state index contributed by atoms with van der Waals surface area (Å²) in [6, 6.07) is 4.42. The lowest BCUT2D eigenvalue weighted by molar-refractivity contribution is -0.125. The maximum Gasteiger partial charge on any atom is 0.243 e. The molecule has 1 rings (SSSR count). The van der Waals surface area contributed by atoms with Crippen molar-refractivity contribution in [3.05, 3.63) is 18.2 Å². The lowest BCUT2D eigenvalue weighted by Crippen LogP contribution is -2.43. The summed E-state index contributed by atoms with van der Waals surface area (Å²) < 4.78 is 10.2. The molecule has 0 heterocycles. The van der Waals surface area contributed by atoms with Crippen LogP contribution in [0.5, 0.6) is 11.5 Å². The summed E-state index contributed by atoms with van der Waals surface area (Å²) in [5.41, 5.74) is 6.19. The Morgan fingerprint density at radius 2 is 1.77 bits per heavy atom. The van der Waals surface area contributed by atoms with Gasteiger partial charge in [0, 0.05) is 23.9 Å². The number of anilines is 1. The first kappa shape index (κ1) is 17.8. The fourth-order valence-electron chi connectivity index (χ4n) is 1.83. The van der Waals surface area contributed by atoms with Gasteiger partial charge in [0.25, 0.3) is 0 Å². The summed E-state index contributed by atoms with van der Waals surface area (Å²) in [5, 5.41) is 5.17. The van der Waals surface area contributed by atoms with Crippen molar-refractivity contribution < 1.29 is 19.1 Å². The molecule has 1 atom stereocenters. The molecule has 4 N–H and O–H groups in total. The predicted molar refractivity (Wildman–Crippen MR) is 84.1 cm³/mol. The van der Waals surface area contributed by atoms with E-state index in [1.807, 2.05) is 6.92 Å². The van der Waals surface area contributed by atoms with Crippen molar-refractivity contribution >= 4 is 17.5 Å². The third-order valence-corrected chi connectivity index (χ3v) is 2.99. The zero-order valence-corrected chi connectivity index (χ0v) is 13.1. The number of carbonyl (C=O) groups is 2. The second kappa shape index (κ2) is 8.89. The fourth-order valence-corrected chi connectivity index (χ4v) is 1.83. The fraction of sp³-hybridized carbons (Fsp3) is 0.467. The van der Waals surface area contributed by atoms with Crippen LogP contribution in [0.4, 0.5) is 5.69 Å². The van der Waals surface area contributed by atoms with E-state index in [9.17, 15) is 9.59 Å². The molecule has 0 aliphatic heterocycles. The highest BCUT2D eigenvalue weighted by Crippen LogP contribution is 2.25. The molecule has 0 aliphatic carbocycles. The number of carbonyl (C=O) groups excluding carboxylic acids is 2. The maximum atomic E-state index is 11.8. The zero-order chi connectivity index (χ0) is 16.5. The molecule has 7 heteroatoms. The van der Waals surface area contributed by atoms with Gasteiger partial charge in [0.05, 0.1) is 26.8 Å². The summed E-state index contributed by atoms with van der Waals surface area (Å²) in [5.74, 6) is 0.430. The molecule has 0 fully saturated rings. The van der Waals surface area contributed by atoms with Crippen molar-refractivity contribution in [3.8, 4) is 11.5 Å². The topological polar surface area (TPSA) is 103 Å². The number of benzene rings is 1. The molecule has 7 nitrogen and oxygen atoms in total. The molecule has 1 aromatic carbocycles. The highest BCUT2D eigenvalue weighted by molar-refractivity contribution is 5.95. The quantitative estimate of drug-likeness (QED) is 0.661. The molecular weight excluding hydrogens is 286 g/mol. The van der Waals surface area contributed by atoms with Gasteiger partial charge in [0.15, 0.2) is 0 Å². The van der Waals surface area contributed by atoms with Gasteiger partial charge >= 0.3 is 0 Å². The number of ether oxygens (including phenoxy) is 2. The number of hydrogen-bond donors (Lipinski definition) is 3. The Bertz CT molecular complexity index is 497. The van der Waals surface area contributed by atoms with Crippen LogP contribution in [0.3, 0.4) is 0 Å². The maximum absolute atomic E-state index is 11.8. The van der Waals surface area contributed by atoms with E-state index in [1.54, 1.807) is 18.2 Å². The molecule has 0 aromatic heterocycles. The lowest BCUT2D eigenvalue weighted by atomic mass is 10.2. The van der Waals surface area contributed by atoms with Gasteiger partial charge in [-0.3, -0.25) is 9.59 Å². The van der Waals surface area contributed by atoms with E-state index >= 15 is 0 Å². The van der Waals surface area contributed by atoms with Crippen molar-refractivity contribution in [2.45, 2.75) is 25.8 Å². The summed E-state index contributed by atoms with van der Waals surface area (Å²) in [6.07, 6.45) is 1.39. The van der Waals surface area contributed by atoms with E-state index in [0.29, 0.717) is 23.6 Å². The highest BCUT2D eigenvalue weighted by Gasteiger charge is 2.13. The molecule has 1 unspecified atom stereocenters. The first-order chi connectivity index (χ1) is 10.5. The average Bonchev–Trinajstić information content (AvgIpc) is 2.52. The molecule has 22 heavy (non-hydrogen) atoms. The molecule has 0 saturated heterocycles. The number of nitrogens with two attached hydrogens (primary N) is 1. The van der Waals surface area contributed by atoms with Crippen LogP contribution >= 0.6 is 0 Å². The molecule has 0 radical (unpaired) electrons. The molecule has 122 valence electrons. The van der Waals surface area contributed by atoms with Crippen LogP contribution in [-0.2, 0) is 9.59 Å². The van der Waals surface area contributed by atoms with E-state index in [1.165, 1.54) is 14.2 Å². The van der Waals surface area contributed by atoms with Gasteiger partial charge in [-0.1, -0.05) is 13.3 Å². The Morgan fingerprint density at radius 1 is 1.18 bits per heavy atom. The van der Waals surface area contributed by atoms with Crippen molar-refractivity contribution in [2.24, 2.45) is 5.73 Å².